The molecule has 0 saturated heterocycles. The molecule has 1 N–H and O–H groups in total. The van der Waals surface area contributed by atoms with E-state index in [-0.39, 0.29) is 11.0 Å². The van der Waals surface area contributed by atoms with Gasteiger partial charge in [0.05, 0.1) is 11.8 Å². The zero-order valence-electron chi connectivity index (χ0n) is 9.23. The second kappa shape index (κ2) is 4.77. The molecule has 2 aromatic rings. The van der Waals surface area contributed by atoms with E-state index in [2.05, 4.69) is 25.5 Å². The fourth-order valence-corrected chi connectivity index (χ4v) is 1.50. The van der Waals surface area contributed by atoms with Crippen molar-refractivity contribution < 1.29 is 8.78 Å². The van der Waals surface area contributed by atoms with E-state index < -0.39 is 11.5 Å². The van der Waals surface area contributed by atoms with E-state index in [1.54, 1.807) is 0 Å². The first-order valence-electron chi connectivity index (χ1n) is 4.91. The van der Waals surface area contributed by atoms with Gasteiger partial charge in [0.1, 0.15) is 5.82 Å². The third-order valence-corrected chi connectivity index (χ3v) is 2.32. The number of nitrogens with zero attached hydrogens (tertiary/aromatic N) is 4. The van der Waals surface area contributed by atoms with E-state index in [0.29, 0.717) is 5.82 Å². The first-order valence-corrected chi connectivity index (χ1v) is 5.29. The van der Waals surface area contributed by atoms with E-state index in [1.807, 2.05) is 0 Å². The molecule has 0 atom stereocenters. The number of rotatable bonds is 3. The Hall–Kier alpha value is -1.89. The standard InChI is InChI=1S/C10H8ClF2N5/c1-10(12,13)6-4-7(17-18-9(6)11)16-8-5-14-2-3-15-8/h2-5H,1H3,(H,15,16,17). The number of hydrogen-bond donors (Lipinski definition) is 1. The summed E-state index contributed by atoms with van der Waals surface area (Å²) in [5.74, 6) is -2.60. The van der Waals surface area contributed by atoms with Crippen molar-refractivity contribution in [3.05, 3.63) is 35.4 Å². The fourth-order valence-electron chi connectivity index (χ4n) is 1.24. The van der Waals surface area contributed by atoms with Gasteiger partial charge >= 0.3 is 0 Å². The molecule has 0 aliphatic carbocycles. The molecule has 5 nitrogen and oxygen atoms in total. The normalized spacial score (nSPS) is 11.3. The highest BCUT2D eigenvalue weighted by Gasteiger charge is 2.29. The van der Waals surface area contributed by atoms with Crippen molar-refractivity contribution in [1.29, 1.82) is 0 Å². The molecule has 0 saturated carbocycles. The molecule has 0 aliphatic rings. The molecular formula is C10H8ClF2N5. The van der Waals surface area contributed by atoms with Gasteiger partial charge in [0.2, 0.25) is 0 Å². The van der Waals surface area contributed by atoms with Crippen molar-refractivity contribution in [2.45, 2.75) is 12.8 Å². The Labute approximate surface area is 106 Å². The smallest absolute Gasteiger partial charge is 0.273 e. The van der Waals surface area contributed by atoms with Crippen LogP contribution in [-0.2, 0) is 5.92 Å². The molecule has 8 heteroatoms. The number of nitrogens with one attached hydrogen (secondary N) is 1. The highest BCUT2D eigenvalue weighted by molar-refractivity contribution is 6.30. The minimum absolute atomic E-state index is 0.122. The molecular weight excluding hydrogens is 264 g/mol. The summed E-state index contributed by atoms with van der Waals surface area (Å²) >= 11 is 5.57. The lowest BCUT2D eigenvalue weighted by Gasteiger charge is -2.12. The maximum Gasteiger partial charge on any atom is 0.273 e. The molecule has 0 spiro atoms. The van der Waals surface area contributed by atoms with Crippen molar-refractivity contribution in [2.75, 3.05) is 5.32 Å². The van der Waals surface area contributed by atoms with Crippen LogP contribution in [0.15, 0.2) is 24.7 Å². The number of halogens is 3. The minimum atomic E-state index is -3.09. The number of alkyl halides is 2. The van der Waals surface area contributed by atoms with Gasteiger partial charge in [0.25, 0.3) is 5.92 Å². The molecule has 2 rings (SSSR count). The van der Waals surface area contributed by atoms with Gasteiger partial charge in [-0.2, -0.15) is 0 Å². The van der Waals surface area contributed by atoms with Crippen LogP contribution in [0, 0.1) is 0 Å². The molecule has 2 heterocycles. The average molecular weight is 272 g/mol. The van der Waals surface area contributed by atoms with Crippen LogP contribution in [0.3, 0.4) is 0 Å². The molecule has 0 aromatic carbocycles. The van der Waals surface area contributed by atoms with Crippen molar-refractivity contribution in [1.82, 2.24) is 20.2 Å². The van der Waals surface area contributed by atoms with Crippen LogP contribution in [0.4, 0.5) is 20.4 Å². The summed E-state index contributed by atoms with van der Waals surface area (Å²) < 4.78 is 26.5. The molecule has 0 radical (unpaired) electrons. The van der Waals surface area contributed by atoms with Crippen LogP contribution >= 0.6 is 11.6 Å². The SMILES string of the molecule is CC(F)(F)c1cc(Nc2cnccn2)nnc1Cl. The third kappa shape index (κ3) is 2.86. The molecule has 0 aliphatic heterocycles. The molecule has 2 aromatic heterocycles. The maximum atomic E-state index is 13.2. The summed E-state index contributed by atoms with van der Waals surface area (Å²) in [6.07, 6.45) is 4.38. The topological polar surface area (TPSA) is 63.6 Å². The van der Waals surface area contributed by atoms with Crippen molar-refractivity contribution in [3.63, 3.8) is 0 Å². The van der Waals surface area contributed by atoms with Crippen LogP contribution in [-0.4, -0.2) is 20.2 Å². The highest BCUT2D eigenvalue weighted by Crippen LogP contribution is 2.32. The predicted molar refractivity (Wildman–Crippen MR) is 61.9 cm³/mol. The Balaban J connectivity index is 2.31. The zero-order chi connectivity index (χ0) is 13.2. The van der Waals surface area contributed by atoms with Gasteiger partial charge in [-0.3, -0.25) is 4.98 Å². The maximum absolute atomic E-state index is 13.2. The molecule has 94 valence electrons. The number of aromatic nitrogens is 4. The Morgan fingerprint density at radius 3 is 2.61 bits per heavy atom. The molecule has 0 unspecified atom stereocenters. The van der Waals surface area contributed by atoms with Crippen LogP contribution in [0.5, 0.6) is 0 Å². The Kier molecular flexibility index (Phi) is 3.33. The number of hydrogen-bond acceptors (Lipinski definition) is 5. The molecule has 0 fully saturated rings. The molecule has 0 amide bonds. The zero-order valence-corrected chi connectivity index (χ0v) is 9.99. The van der Waals surface area contributed by atoms with E-state index in [4.69, 9.17) is 11.6 Å². The first-order chi connectivity index (χ1) is 8.47. The van der Waals surface area contributed by atoms with Gasteiger partial charge in [-0.25, -0.2) is 13.8 Å². The van der Waals surface area contributed by atoms with E-state index in [0.717, 1.165) is 13.0 Å². The summed E-state index contributed by atoms with van der Waals surface area (Å²) in [7, 11) is 0. The third-order valence-electron chi connectivity index (χ3n) is 2.04. The van der Waals surface area contributed by atoms with Crippen molar-refractivity contribution in [2.24, 2.45) is 0 Å². The molecule has 18 heavy (non-hydrogen) atoms. The largest absolute Gasteiger partial charge is 0.322 e. The second-order valence-corrected chi connectivity index (χ2v) is 3.90. The van der Waals surface area contributed by atoms with Crippen molar-refractivity contribution in [3.8, 4) is 0 Å². The lowest BCUT2D eigenvalue weighted by atomic mass is 10.2. The van der Waals surface area contributed by atoms with Gasteiger partial charge in [-0.1, -0.05) is 11.6 Å². The van der Waals surface area contributed by atoms with Crippen LogP contribution in [0.1, 0.15) is 12.5 Å². The van der Waals surface area contributed by atoms with Gasteiger partial charge in [-0.15, -0.1) is 10.2 Å². The summed E-state index contributed by atoms with van der Waals surface area (Å²) in [6, 6.07) is 1.13. The average Bonchev–Trinajstić information content (AvgIpc) is 2.31. The van der Waals surface area contributed by atoms with Crippen molar-refractivity contribution >= 4 is 23.2 Å². The number of anilines is 2. The summed E-state index contributed by atoms with van der Waals surface area (Å²) in [4.78, 5) is 7.75. The van der Waals surface area contributed by atoms with Gasteiger partial charge in [0.15, 0.2) is 11.0 Å². The van der Waals surface area contributed by atoms with E-state index >= 15 is 0 Å². The summed E-state index contributed by atoms with van der Waals surface area (Å²) in [6.45, 7) is 0.738. The Morgan fingerprint density at radius 1 is 1.22 bits per heavy atom. The lowest BCUT2D eigenvalue weighted by Crippen LogP contribution is -2.11. The monoisotopic (exact) mass is 271 g/mol. The van der Waals surface area contributed by atoms with Gasteiger partial charge in [-0.05, 0) is 6.07 Å². The first kappa shape index (κ1) is 12.6. The Bertz CT molecular complexity index is 544. The van der Waals surface area contributed by atoms with Gasteiger partial charge in [0, 0.05) is 19.3 Å². The van der Waals surface area contributed by atoms with Crippen LogP contribution in [0.25, 0.3) is 0 Å². The summed E-state index contributed by atoms with van der Waals surface area (Å²) in [5, 5.41) is 9.50. The second-order valence-electron chi connectivity index (χ2n) is 3.54. The highest BCUT2D eigenvalue weighted by atomic mass is 35.5. The van der Waals surface area contributed by atoms with Gasteiger partial charge < -0.3 is 5.32 Å². The fraction of sp³-hybridized carbons (Fsp3) is 0.200. The van der Waals surface area contributed by atoms with E-state index in [1.165, 1.54) is 18.6 Å². The minimum Gasteiger partial charge on any atom is -0.322 e. The predicted octanol–water partition coefficient (Wildman–Crippen LogP) is 2.78. The van der Waals surface area contributed by atoms with E-state index in [9.17, 15) is 8.78 Å². The quantitative estimate of drug-likeness (QED) is 0.930. The molecule has 0 bridgehead atoms. The summed E-state index contributed by atoms with van der Waals surface area (Å²) in [5.41, 5.74) is -0.398. The lowest BCUT2D eigenvalue weighted by molar-refractivity contribution is 0.0171. The Morgan fingerprint density at radius 2 is 2.00 bits per heavy atom. The van der Waals surface area contributed by atoms with Crippen LogP contribution in [0.2, 0.25) is 5.15 Å². The van der Waals surface area contributed by atoms with Crippen LogP contribution < -0.4 is 5.32 Å².